The third-order valence-corrected chi connectivity index (χ3v) is 6.36. The Morgan fingerprint density at radius 3 is 2.20 bits per heavy atom. The van der Waals surface area contributed by atoms with Crippen LogP contribution in [0.5, 0.6) is 5.75 Å². The Morgan fingerprint density at radius 1 is 1.04 bits per heavy atom. The van der Waals surface area contributed by atoms with Crippen molar-refractivity contribution in [1.29, 1.82) is 0 Å². The Labute approximate surface area is 147 Å². The number of benzene rings is 1. The molecule has 5 aliphatic rings. The zero-order valence-electron chi connectivity index (χ0n) is 14.2. The van der Waals surface area contributed by atoms with Crippen LogP contribution in [0.3, 0.4) is 0 Å². The number of nitrogens with zero attached hydrogens (tertiary/aromatic N) is 1. The molecule has 2 saturated carbocycles. The molecule has 25 heavy (non-hydrogen) atoms. The van der Waals surface area contributed by atoms with E-state index in [1.54, 1.807) is 0 Å². The first-order chi connectivity index (χ1) is 12.2. The van der Waals surface area contributed by atoms with Crippen molar-refractivity contribution in [2.75, 3.05) is 18.6 Å². The summed E-state index contributed by atoms with van der Waals surface area (Å²) in [6.07, 6.45) is 5.60. The van der Waals surface area contributed by atoms with Crippen LogP contribution in [0, 0.1) is 35.5 Å². The minimum absolute atomic E-state index is 0.0122. The van der Waals surface area contributed by atoms with Crippen LogP contribution in [-0.4, -0.2) is 30.0 Å². The topological polar surface area (TPSA) is 58.6 Å². The Bertz CT molecular complexity index is 721. The molecule has 2 amide bonds. The normalized spacial score (nSPS) is 37.1. The first kappa shape index (κ1) is 15.0. The van der Waals surface area contributed by atoms with E-state index in [-0.39, 0.29) is 42.2 Å². The molecule has 130 valence electrons. The molecule has 3 fully saturated rings. The van der Waals surface area contributed by atoms with E-state index in [1.807, 2.05) is 31.2 Å². The number of amides is 2. The van der Waals surface area contributed by atoms with Crippen molar-refractivity contribution in [1.82, 2.24) is 4.90 Å². The van der Waals surface area contributed by atoms with E-state index in [4.69, 9.17) is 4.74 Å². The number of allylic oxidation sites excluding steroid dienone is 2. The van der Waals surface area contributed by atoms with Crippen LogP contribution >= 0.6 is 0 Å². The lowest BCUT2D eigenvalue weighted by atomic mass is 9.63. The van der Waals surface area contributed by atoms with Gasteiger partial charge in [0.1, 0.15) is 5.75 Å². The van der Waals surface area contributed by atoms with Gasteiger partial charge in [-0.3, -0.25) is 14.5 Å². The average Bonchev–Trinajstić information content (AvgIpc) is 3.41. The first-order valence-corrected chi connectivity index (χ1v) is 9.19. The second kappa shape index (κ2) is 5.35. The van der Waals surface area contributed by atoms with Crippen LogP contribution in [0.1, 0.15) is 13.3 Å². The monoisotopic (exact) mass is 338 g/mol. The highest BCUT2D eigenvalue weighted by atomic mass is 16.5. The molecule has 2 bridgehead atoms. The van der Waals surface area contributed by atoms with E-state index in [9.17, 15) is 9.59 Å². The standard InChI is InChI=1S/C20H22N2O3/c1-2-25-12-5-3-11(4-6-12)21-10-22-19(23)17-13-7-8-14(16-9-15(13)16)18(17)20(22)24/h3-8,13-18,21H,2,9-10H2,1H3/t13-,14+,15-,16-,17+,18-/m1/s1. The molecule has 1 aliphatic heterocycles. The largest absolute Gasteiger partial charge is 0.494 e. The quantitative estimate of drug-likeness (QED) is 0.662. The fraction of sp³-hybridized carbons (Fsp3) is 0.500. The van der Waals surface area contributed by atoms with Gasteiger partial charge in [0.2, 0.25) is 11.8 Å². The zero-order valence-corrected chi connectivity index (χ0v) is 14.2. The predicted molar refractivity (Wildman–Crippen MR) is 92.7 cm³/mol. The van der Waals surface area contributed by atoms with Crippen molar-refractivity contribution < 1.29 is 14.3 Å². The fourth-order valence-electron chi connectivity index (χ4n) is 5.18. The van der Waals surface area contributed by atoms with Gasteiger partial charge in [-0.2, -0.15) is 0 Å². The SMILES string of the molecule is CCOc1ccc(NCN2C(=O)[C@@H]3[C@H]4C=C[C@H]([C@H]5C[C@H]45)[C@@H]3C2=O)cc1. The minimum atomic E-state index is -0.117. The number of carbonyl (C=O) groups excluding carboxylic acids is 2. The lowest BCUT2D eigenvalue weighted by Crippen LogP contribution is -2.40. The summed E-state index contributed by atoms with van der Waals surface area (Å²) in [4.78, 5) is 27.2. The second-order valence-electron chi connectivity index (χ2n) is 7.55. The van der Waals surface area contributed by atoms with Crippen molar-refractivity contribution in [3.63, 3.8) is 0 Å². The van der Waals surface area contributed by atoms with Crippen LogP contribution in [0.4, 0.5) is 5.69 Å². The van der Waals surface area contributed by atoms with Gasteiger partial charge in [-0.05, 0) is 61.3 Å². The first-order valence-electron chi connectivity index (χ1n) is 9.19. The summed E-state index contributed by atoms with van der Waals surface area (Å²) in [5.41, 5.74) is 0.878. The van der Waals surface area contributed by atoms with Gasteiger partial charge in [0, 0.05) is 5.69 Å². The molecule has 6 rings (SSSR count). The predicted octanol–water partition coefficient (Wildman–Crippen LogP) is 2.51. The van der Waals surface area contributed by atoms with Gasteiger partial charge in [0.05, 0.1) is 25.1 Å². The number of hydrogen-bond acceptors (Lipinski definition) is 4. The number of likely N-dealkylation sites (tertiary alicyclic amines) is 1. The lowest BCUT2D eigenvalue weighted by Gasteiger charge is -2.37. The highest BCUT2D eigenvalue weighted by Gasteiger charge is 2.66. The van der Waals surface area contributed by atoms with Gasteiger partial charge < -0.3 is 10.1 Å². The Morgan fingerprint density at radius 2 is 1.64 bits per heavy atom. The molecule has 6 atom stereocenters. The lowest BCUT2D eigenvalue weighted by molar-refractivity contribution is -0.139. The van der Waals surface area contributed by atoms with Crippen LogP contribution in [-0.2, 0) is 9.59 Å². The molecular weight excluding hydrogens is 316 g/mol. The van der Waals surface area contributed by atoms with Gasteiger partial charge in [0.15, 0.2) is 0 Å². The molecule has 5 nitrogen and oxygen atoms in total. The average molecular weight is 338 g/mol. The summed E-state index contributed by atoms with van der Waals surface area (Å²) in [5, 5.41) is 3.21. The molecule has 1 aromatic carbocycles. The molecule has 0 aromatic heterocycles. The number of hydrogen-bond donors (Lipinski definition) is 1. The number of imide groups is 1. The maximum absolute atomic E-state index is 12.9. The Kier molecular flexibility index (Phi) is 3.21. The molecule has 1 aromatic rings. The summed E-state index contributed by atoms with van der Waals surface area (Å²) < 4.78 is 5.43. The molecule has 0 unspecified atom stereocenters. The van der Waals surface area contributed by atoms with Crippen molar-refractivity contribution >= 4 is 17.5 Å². The molecule has 0 radical (unpaired) electrons. The van der Waals surface area contributed by atoms with Gasteiger partial charge in [-0.1, -0.05) is 12.2 Å². The van der Waals surface area contributed by atoms with E-state index in [0.29, 0.717) is 18.4 Å². The highest BCUT2D eigenvalue weighted by molar-refractivity contribution is 6.06. The number of anilines is 1. The van der Waals surface area contributed by atoms with Crippen LogP contribution in [0.15, 0.2) is 36.4 Å². The minimum Gasteiger partial charge on any atom is -0.494 e. The number of ether oxygens (including phenoxy) is 1. The summed E-state index contributed by atoms with van der Waals surface area (Å²) >= 11 is 0. The molecule has 5 heteroatoms. The number of nitrogens with one attached hydrogen (secondary N) is 1. The van der Waals surface area contributed by atoms with Crippen LogP contribution in [0.25, 0.3) is 0 Å². The van der Waals surface area contributed by atoms with Gasteiger partial charge >= 0.3 is 0 Å². The third-order valence-electron chi connectivity index (χ3n) is 6.36. The van der Waals surface area contributed by atoms with E-state index in [1.165, 1.54) is 11.3 Å². The van der Waals surface area contributed by atoms with Crippen molar-refractivity contribution in [2.45, 2.75) is 13.3 Å². The fourth-order valence-corrected chi connectivity index (χ4v) is 5.18. The van der Waals surface area contributed by atoms with Crippen molar-refractivity contribution in [3.8, 4) is 5.75 Å². The van der Waals surface area contributed by atoms with Crippen molar-refractivity contribution in [3.05, 3.63) is 36.4 Å². The summed E-state index contributed by atoms with van der Waals surface area (Å²) in [6, 6.07) is 7.58. The summed E-state index contributed by atoms with van der Waals surface area (Å²) in [7, 11) is 0. The smallest absolute Gasteiger partial charge is 0.235 e. The van der Waals surface area contributed by atoms with Crippen LogP contribution in [0.2, 0.25) is 0 Å². The third kappa shape index (κ3) is 2.14. The van der Waals surface area contributed by atoms with E-state index in [0.717, 1.165) is 11.4 Å². The summed E-state index contributed by atoms with van der Waals surface area (Å²) in [5.74, 6) is 2.46. The van der Waals surface area contributed by atoms with E-state index in [2.05, 4.69) is 17.5 Å². The molecule has 1 heterocycles. The second-order valence-corrected chi connectivity index (χ2v) is 7.55. The summed E-state index contributed by atoms with van der Waals surface area (Å²) in [6.45, 7) is 2.82. The number of rotatable bonds is 5. The van der Waals surface area contributed by atoms with E-state index >= 15 is 0 Å². The van der Waals surface area contributed by atoms with Gasteiger partial charge in [-0.15, -0.1) is 0 Å². The molecular formula is C20H22N2O3. The van der Waals surface area contributed by atoms with Crippen molar-refractivity contribution in [2.24, 2.45) is 35.5 Å². The molecule has 1 N–H and O–H groups in total. The Hall–Kier alpha value is -2.30. The van der Waals surface area contributed by atoms with E-state index < -0.39 is 0 Å². The maximum Gasteiger partial charge on any atom is 0.235 e. The van der Waals surface area contributed by atoms with Gasteiger partial charge in [0.25, 0.3) is 0 Å². The molecule has 0 spiro atoms. The Balaban J connectivity index is 1.29. The number of carbonyl (C=O) groups is 2. The van der Waals surface area contributed by atoms with Crippen LogP contribution < -0.4 is 10.1 Å². The molecule has 4 aliphatic carbocycles. The highest BCUT2D eigenvalue weighted by Crippen LogP contribution is 2.65. The molecule has 1 saturated heterocycles. The maximum atomic E-state index is 12.9. The zero-order chi connectivity index (χ0) is 17.1. The van der Waals surface area contributed by atoms with Gasteiger partial charge in [-0.25, -0.2) is 0 Å².